The molecule has 8 heteroatoms. The molecule has 0 spiro atoms. The predicted octanol–water partition coefficient (Wildman–Crippen LogP) is 4.52. The highest BCUT2D eigenvalue weighted by Gasteiger charge is 2.33. The summed E-state index contributed by atoms with van der Waals surface area (Å²) < 4.78 is 20.0. The number of alkyl carbamates (subject to hydrolysis) is 1. The summed E-state index contributed by atoms with van der Waals surface area (Å²) in [5.41, 5.74) is 0.677. The molecule has 2 aromatic rings. The second kappa shape index (κ2) is 7.87. The summed E-state index contributed by atoms with van der Waals surface area (Å²) in [7, 11) is 0. The average molecular weight is 402 g/mol. The molecule has 1 aromatic heterocycles. The molecule has 0 fully saturated rings. The lowest BCUT2D eigenvalue weighted by molar-refractivity contribution is 0.0564. The number of amides is 1. The smallest absolute Gasteiger partial charge is 0.413 e. The minimum Gasteiger partial charge on any atom is -0.444 e. The molecule has 0 saturated carbocycles. The molecule has 1 N–H and O–H groups in total. The molecule has 0 unspecified atom stereocenters. The van der Waals surface area contributed by atoms with Crippen molar-refractivity contribution in [3.05, 3.63) is 48.3 Å². The van der Waals surface area contributed by atoms with Gasteiger partial charge in [0, 0.05) is 29.3 Å². The third-order valence-electron chi connectivity index (χ3n) is 4.22. The fourth-order valence-electron chi connectivity index (χ4n) is 2.87. The van der Waals surface area contributed by atoms with Crippen molar-refractivity contribution in [1.29, 1.82) is 0 Å². The molecule has 1 amide bonds. The lowest BCUT2D eigenvalue weighted by atomic mass is 9.87. The Labute approximate surface area is 168 Å². The van der Waals surface area contributed by atoms with Crippen LogP contribution in [0.15, 0.2) is 41.9 Å². The Morgan fingerprint density at radius 2 is 1.96 bits per heavy atom. The predicted molar refractivity (Wildman–Crippen MR) is 109 cm³/mol. The molecule has 0 saturated heterocycles. The normalized spacial score (nSPS) is 19.7. The maximum atomic E-state index is 14.7. The average Bonchev–Trinajstić information content (AvgIpc) is 2.61. The Balaban J connectivity index is 1.90. The number of rotatable bonds is 2. The molecular formula is C20H23FN4O2S. The maximum absolute atomic E-state index is 14.7. The number of ether oxygens (including phenoxy) is 1. The zero-order valence-corrected chi connectivity index (χ0v) is 17.1. The second-order valence-corrected chi connectivity index (χ2v) is 8.82. The number of thioether (sulfide) groups is 1. The third-order valence-corrected chi connectivity index (χ3v) is 5.10. The van der Waals surface area contributed by atoms with Gasteiger partial charge in [-0.3, -0.25) is 10.3 Å². The van der Waals surface area contributed by atoms with Crippen molar-refractivity contribution < 1.29 is 13.9 Å². The fourth-order valence-corrected chi connectivity index (χ4v) is 3.99. The van der Waals surface area contributed by atoms with Crippen molar-refractivity contribution in [2.45, 2.75) is 45.3 Å². The summed E-state index contributed by atoms with van der Waals surface area (Å²) in [5.74, 6) is 0.360. The molecule has 3 rings (SSSR count). The van der Waals surface area contributed by atoms with E-state index in [1.54, 1.807) is 45.3 Å². The van der Waals surface area contributed by atoms with Crippen molar-refractivity contribution in [1.82, 2.24) is 15.3 Å². The van der Waals surface area contributed by atoms with Gasteiger partial charge in [-0.2, -0.15) is 0 Å². The van der Waals surface area contributed by atoms with E-state index < -0.39 is 17.2 Å². The lowest BCUT2D eigenvalue weighted by Gasteiger charge is -2.31. The van der Waals surface area contributed by atoms with Gasteiger partial charge in [0.1, 0.15) is 17.7 Å². The Morgan fingerprint density at radius 3 is 2.64 bits per heavy atom. The number of hydrogen-bond donors (Lipinski definition) is 1. The van der Waals surface area contributed by atoms with E-state index in [2.05, 4.69) is 20.3 Å². The van der Waals surface area contributed by atoms with Crippen LogP contribution in [0, 0.1) is 5.82 Å². The molecule has 2 heterocycles. The number of amidine groups is 1. The van der Waals surface area contributed by atoms with Gasteiger partial charge >= 0.3 is 6.09 Å². The van der Waals surface area contributed by atoms with E-state index in [1.807, 2.05) is 6.92 Å². The maximum Gasteiger partial charge on any atom is 0.413 e. The zero-order valence-electron chi connectivity index (χ0n) is 16.3. The van der Waals surface area contributed by atoms with Crippen molar-refractivity contribution >= 4 is 23.0 Å². The summed E-state index contributed by atoms with van der Waals surface area (Å²) in [6.45, 7) is 7.25. The Bertz CT molecular complexity index is 899. The molecule has 0 radical (unpaired) electrons. The van der Waals surface area contributed by atoms with Crippen LogP contribution in [0.4, 0.5) is 9.18 Å². The minimum absolute atomic E-state index is 0.338. The summed E-state index contributed by atoms with van der Waals surface area (Å²) in [4.78, 5) is 24.8. The van der Waals surface area contributed by atoms with E-state index in [9.17, 15) is 9.18 Å². The number of carbonyl (C=O) groups excluding carboxylic acids is 1. The third kappa shape index (κ3) is 4.86. The van der Waals surface area contributed by atoms with Crippen molar-refractivity contribution in [2.24, 2.45) is 4.99 Å². The van der Waals surface area contributed by atoms with E-state index >= 15 is 0 Å². The van der Waals surface area contributed by atoms with E-state index in [1.165, 1.54) is 24.2 Å². The van der Waals surface area contributed by atoms with E-state index in [0.717, 1.165) is 11.1 Å². The van der Waals surface area contributed by atoms with Gasteiger partial charge in [0.2, 0.25) is 0 Å². The van der Waals surface area contributed by atoms with Crippen LogP contribution in [-0.2, 0) is 10.3 Å². The molecule has 1 aromatic carbocycles. The summed E-state index contributed by atoms with van der Waals surface area (Å²) >= 11 is 1.42. The number of nitrogens with one attached hydrogen (secondary N) is 1. The van der Waals surface area contributed by atoms with Crippen LogP contribution in [0.2, 0.25) is 0 Å². The molecule has 6 nitrogen and oxygen atoms in total. The first-order valence-corrected chi connectivity index (χ1v) is 9.93. The van der Waals surface area contributed by atoms with Gasteiger partial charge in [-0.05, 0) is 51.8 Å². The number of aliphatic imine (C=N–C) groups is 1. The van der Waals surface area contributed by atoms with Crippen LogP contribution in [0.25, 0.3) is 11.1 Å². The number of aromatic nitrogens is 2. The Kier molecular flexibility index (Phi) is 5.69. The largest absolute Gasteiger partial charge is 0.444 e. The van der Waals surface area contributed by atoms with E-state index in [-0.39, 0.29) is 5.82 Å². The number of halogens is 1. The van der Waals surface area contributed by atoms with Gasteiger partial charge in [-0.15, -0.1) is 0 Å². The van der Waals surface area contributed by atoms with Crippen molar-refractivity contribution in [3.63, 3.8) is 0 Å². The molecule has 1 atom stereocenters. The molecule has 28 heavy (non-hydrogen) atoms. The van der Waals surface area contributed by atoms with Crippen LogP contribution in [-0.4, -0.2) is 32.6 Å². The van der Waals surface area contributed by atoms with Gasteiger partial charge in [-0.25, -0.2) is 19.2 Å². The van der Waals surface area contributed by atoms with Crippen molar-refractivity contribution in [2.75, 3.05) is 5.75 Å². The first-order valence-electron chi connectivity index (χ1n) is 8.94. The Morgan fingerprint density at radius 1 is 1.25 bits per heavy atom. The lowest BCUT2D eigenvalue weighted by Crippen LogP contribution is -2.38. The molecule has 148 valence electrons. The first-order chi connectivity index (χ1) is 13.2. The molecular weight excluding hydrogens is 379 g/mol. The van der Waals surface area contributed by atoms with Crippen LogP contribution in [0.1, 0.15) is 39.7 Å². The molecule has 0 aliphatic carbocycles. The minimum atomic E-state index is -0.800. The zero-order chi connectivity index (χ0) is 20.4. The summed E-state index contributed by atoms with van der Waals surface area (Å²) in [5, 5.41) is 3.10. The van der Waals surface area contributed by atoms with Crippen molar-refractivity contribution in [3.8, 4) is 11.1 Å². The van der Waals surface area contributed by atoms with Gasteiger partial charge in [0.25, 0.3) is 0 Å². The van der Waals surface area contributed by atoms with Gasteiger partial charge in [-0.1, -0.05) is 17.8 Å². The highest BCUT2D eigenvalue weighted by Crippen LogP contribution is 2.38. The van der Waals surface area contributed by atoms with Crippen LogP contribution in [0.3, 0.4) is 0 Å². The van der Waals surface area contributed by atoms with Gasteiger partial charge in [0.15, 0.2) is 5.17 Å². The number of hydrogen-bond acceptors (Lipinski definition) is 6. The van der Waals surface area contributed by atoms with Crippen LogP contribution < -0.4 is 5.32 Å². The van der Waals surface area contributed by atoms with Crippen LogP contribution >= 0.6 is 11.8 Å². The second-order valence-electron chi connectivity index (χ2n) is 7.74. The van der Waals surface area contributed by atoms with Gasteiger partial charge in [0.05, 0.1) is 5.54 Å². The quantitative estimate of drug-likeness (QED) is 0.799. The van der Waals surface area contributed by atoms with Gasteiger partial charge < -0.3 is 4.74 Å². The highest BCUT2D eigenvalue weighted by atomic mass is 32.2. The van der Waals surface area contributed by atoms with Crippen LogP contribution in [0.5, 0.6) is 0 Å². The summed E-state index contributed by atoms with van der Waals surface area (Å²) in [6.07, 6.45) is 4.89. The Hall–Kier alpha value is -2.48. The number of benzene rings is 1. The SMILES string of the molecule is CC(C)(C)OC(=O)NC1=N[C@](C)(c2cc(-c3cncnc3)ccc2F)CCS1. The van der Waals surface area contributed by atoms with E-state index in [4.69, 9.17) is 4.74 Å². The molecule has 1 aliphatic heterocycles. The highest BCUT2D eigenvalue weighted by molar-refractivity contribution is 8.13. The monoisotopic (exact) mass is 402 g/mol. The number of nitrogens with zero attached hydrogens (tertiary/aromatic N) is 3. The first kappa shape index (κ1) is 20.3. The molecule has 0 bridgehead atoms. The van der Waals surface area contributed by atoms with E-state index in [0.29, 0.717) is 22.9 Å². The summed E-state index contributed by atoms with van der Waals surface area (Å²) in [6, 6.07) is 4.90. The topological polar surface area (TPSA) is 76.5 Å². The number of carbonyl (C=O) groups is 1. The standard InChI is InChI=1S/C20H23FN4O2S/c1-19(2,3)27-18(26)24-17-25-20(4,7-8-28-17)15-9-13(5-6-16(15)21)14-10-22-12-23-11-14/h5-6,9-12H,7-8H2,1-4H3,(H,24,25,26)/t20-/m0/s1. The molecule has 1 aliphatic rings. The fraction of sp³-hybridized carbons (Fsp3) is 0.400.